The fourth-order valence-corrected chi connectivity index (χ4v) is 3.69. The van der Waals surface area contributed by atoms with Crippen LogP contribution < -0.4 is 4.74 Å². The molecule has 4 rings (SSSR count). The first-order chi connectivity index (χ1) is 14.5. The number of carbonyl (C=O) groups is 1. The summed E-state index contributed by atoms with van der Waals surface area (Å²) in [5.41, 5.74) is 3.64. The second kappa shape index (κ2) is 8.72. The number of nitrogens with zero attached hydrogens (tertiary/aromatic N) is 2. The molecule has 0 spiro atoms. The summed E-state index contributed by atoms with van der Waals surface area (Å²) in [6.45, 7) is 4.20. The third kappa shape index (κ3) is 4.10. The Labute approximate surface area is 181 Å². The highest BCUT2D eigenvalue weighted by Crippen LogP contribution is 2.31. The lowest BCUT2D eigenvalue weighted by Crippen LogP contribution is -2.37. The second-order valence-corrected chi connectivity index (χ2v) is 7.86. The fourth-order valence-electron chi connectivity index (χ4n) is 3.52. The number of hydrogen-bond acceptors (Lipinski definition) is 3. The zero-order chi connectivity index (χ0) is 21.1. The van der Waals surface area contributed by atoms with Gasteiger partial charge in [-0.2, -0.15) is 5.10 Å². The van der Waals surface area contributed by atoms with Crippen molar-refractivity contribution in [3.8, 4) is 5.75 Å². The van der Waals surface area contributed by atoms with Gasteiger partial charge in [0.2, 0.25) is 0 Å². The van der Waals surface area contributed by atoms with Crippen molar-refractivity contribution in [2.75, 3.05) is 6.61 Å². The Hall–Kier alpha value is -3.11. The minimum absolute atomic E-state index is 0.0434. The van der Waals surface area contributed by atoms with Crippen molar-refractivity contribution in [1.82, 2.24) is 5.01 Å². The molecule has 0 fully saturated rings. The van der Waals surface area contributed by atoms with Crippen molar-refractivity contribution in [1.29, 1.82) is 0 Å². The topological polar surface area (TPSA) is 41.9 Å². The van der Waals surface area contributed by atoms with E-state index >= 15 is 0 Å². The molecule has 1 aliphatic heterocycles. The highest BCUT2D eigenvalue weighted by atomic mass is 35.5. The van der Waals surface area contributed by atoms with Crippen LogP contribution in [0.25, 0.3) is 0 Å². The van der Waals surface area contributed by atoms with Crippen molar-refractivity contribution in [2.24, 2.45) is 5.10 Å². The monoisotopic (exact) mass is 418 g/mol. The van der Waals surface area contributed by atoms with Crippen LogP contribution in [0.3, 0.4) is 0 Å². The van der Waals surface area contributed by atoms with Crippen molar-refractivity contribution in [2.45, 2.75) is 25.8 Å². The van der Waals surface area contributed by atoms with Gasteiger partial charge in [-0.15, -0.1) is 0 Å². The smallest absolute Gasteiger partial charge is 0.256 e. The van der Waals surface area contributed by atoms with Crippen molar-refractivity contribution < 1.29 is 9.53 Å². The Kier molecular flexibility index (Phi) is 5.86. The second-order valence-electron chi connectivity index (χ2n) is 7.45. The van der Waals surface area contributed by atoms with Crippen LogP contribution in [-0.2, 0) is 4.79 Å². The molecular weight excluding hydrogens is 396 g/mol. The molecule has 4 nitrogen and oxygen atoms in total. The largest absolute Gasteiger partial charge is 0.491 e. The molecule has 0 radical (unpaired) electrons. The van der Waals surface area contributed by atoms with E-state index in [-0.39, 0.29) is 11.9 Å². The maximum absolute atomic E-state index is 13.4. The van der Waals surface area contributed by atoms with Gasteiger partial charge in [-0.3, -0.25) is 4.79 Å². The van der Waals surface area contributed by atoms with Crippen LogP contribution >= 0.6 is 11.6 Å². The van der Waals surface area contributed by atoms with Crippen molar-refractivity contribution in [3.05, 3.63) is 101 Å². The zero-order valence-electron chi connectivity index (χ0n) is 17.0. The summed E-state index contributed by atoms with van der Waals surface area (Å²) in [7, 11) is 0. The summed E-state index contributed by atoms with van der Waals surface area (Å²) >= 11 is 6.19. The number of ether oxygens (including phenoxy) is 1. The number of amides is 1. The molecule has 0 aliphatic carbocycles. The van der Waals surface area contributed by atoms with E-state index in [2.05, 4.69) is 0 Å². The van der Waals surface area contributed by atoms with Gasteiger partial charge >= 0.3 is 0 Å². The molecule has 0 bridgehead atoms. The zero-order valence-corrected chi connectivity index (χ0v) is 17.7. The predicted molar refractivity (Wildman–Crippen MR) is 120 cm³/mol. The minimum Gasteiger partial charge on any atom is -0.491 e. The van der Waals surface area contributed by atoms with Crippen molar-refractivity contribution in [3.63, 3.8) is 0 Å². The molecule has 1 heterocycles. The van der Waals surface area contributed by atoms with Crippen LogP contribution in [0.4, 0.5) is 0 Å². The summed E-state index contributed by atoms with van der Waals surface area (Å²) in [6.07, 6.45) is 0. The number of halogens is 1. The highest BCUT2D eigenvalue weighted by Gasteiger charge is 2.39. The van der Waals surface area contributed by atoms with E-state index in [4.69, 9.17) is 21.4 Å². The summed E-state index contributed by atoms with van der Waals surface area (Å²) in [6, 6.07) is 25.0. The lowest BCUT2D eigenvalue weighted by Gasteiger charge is -2.22. The molecular formula is C25H23ClN2O2. The lowest BCUT2D eigenvalue weighted by molar-refractivity contribution is -0.132. The van der Waals surface area contributed by atoms with Gasteiger partial charge in [0.15, 0.2) is 0 Å². The molecule has 1 aliphatic rings. The van der Waals surface area contributed by atoms with Crippen LogP contribution in [0.5, 0.6) is 5.75 Å². The number of hydrazone groups is 1. The molecule has 0 saturated carbocycles. The van der Waals surface area contributed by atoms with E-state index in [0.29, 0.717) is 17.4 Å². The third-order valence-electron chi connectivity index (χ3n) is 5.22. The Morgan fingerprint density at radius 2 is 1.70 bits per heavy atom. The standard InChI is InChI=1S/C25H23ClN2O2/c1-17-13-14-21(15-22(17)26)30-16-18(2)28-25(29)23(19-9-5-3-6-10-19)24(27-28)20-11-7-4-8-12-20/h3-15,18,23H,16H2,1-2H3. The van der Waals surface area contributed by atoms with Gasteiger partial charge in [-0.25, -0.2) is 5.01 Å². The molecule has 0 aromatic heterocycles. The molecule has 30 heavy (non-hydrogen) atoms. The quantitative estimate of drug-likeness (QED) is 0.534. The number of benzene rings is 3. The van der Waals surface area contributed by atoms with E-state index in [1.807, 2.05) is 86.6 Å². The van der Waals surface area contributed by atoms with Crippen LogP contribution in [0.15, 0.2) is 84.0 Å². The first-order valence-electron chi connectivity index (χ1n) is 9.95. The maximum Gasteiger partial charge on any atom is 0.256 e. The normalized spacial score (nSPS) is 17.0. The molecule has 5 heteroatoms. The SMILES string of the molecule is Cc1ccc(OCC(C)N2N=C(c3ccccc3)C(c3ccccc3)C2=O)cc1Cl. The summed E-state index contributed by atoms with van der Waals surface area (Å²) in [5, 5.41) is 6.95. The highest BCUT2D eigenvalue weighted by molar-refractivity contribution is 6.31. The van der Waals surface area contributed by atoms with Crippen LogP contribution in [0.2, 0.25) is 5.02 Å². The molecule has 2 atom stereocenters. The minimum atomic E-state index is -0.426. The fraction of sp³-hybridized carbons (Fsp3) is 0.200. The molecule has 0 saturated heterocycles. The first-order valence-corrected chi connectivity index (χ1v) is 10.3. The molecule has 1 amide bonds. The van der Waals surface area contributed by atoms with E-state index in [9.17, 15) is 4.79 Å². The number of rotatable bonds is 6. The lowest BCUT2D eigenvalue weighted by atomic mass is 9.90. The Bertz CT molecular complexity index is 1070. The molecule has 3 aromatic carbocycles. The summed E-state index contributed by atoms with van der Waals surface area (Å²) < 4.78 is 5.90. The van der Waals surface area contributed by atoms with Crippen LogP contribution in [-0.4, -0.2) is 29.3 Å². The van der Waals surface area contributed by atoms with E-state index in [1.165, 1.54) is 0 Å². The molecule has 0 N–H and O–H groups in total. The average molecular weight is 419 g/mol. The maximum atomic E-state index is 13.4. The summed E-state index contributed by atoms with van der Waals surface area (Å²) in [4.78, 5) is 13.4. The summed E-state index contributed by atoms with van der Waals surface area (Å²) in [5.74, 6) is 0.207. The Morgan fingerprint density at radius 3 is 2.37 bits per heavy atom. The van der Waals surface area contributed by atoms with Gasteiger partial charge in [0.25, 0.3) is 5.91 Å². The number of carbonyl (C=O) groups excluding carboxylic acids is 1. The van der Waals surface area contributed by atoms with Gasteiger partial charge < -0.3 is 4.74 Å². The van der Waals surface area contributed by atoms with Gasteiger partial charge in [0.05, 0.1) is 11.8 Å². The van der Waals surface area contributed by atoms with Gasteiger partial charge in [0, 0.05) is 5.02 Å². The Morgan fingerprint density at radius 1 is 1.03 bits per heavy atom. The average Bonchev–Trinajstić information content (AvgIpc) is 3.13. The molecule has 3 aromatic rings. The van der Waals surface area contributed by atoms with Crippen LogP contribution in [0, 0.1) is 6.92 Å². The van der Waals surface area contributed by atoms with Gasteiger partial charge in [-0.1, -0.05) is 78.3 Å². The number of aryl methyl sites for hydroxylation is 1. The Balaban J connectivity index is 1.58. The van der Waals surface area contributed by atoms with Gasteiger partial charge in [0.1, 0.15) is 18.3 Å². The third-order valence-corrected chi connectivity index (χ3v) is 5.62. The van der Waals surface area contributed by atoms with Crippen LogP contribution in [0.1, 0.15) is 29.5 Å². The van der Waals surface area contributed by atoms with E-state index < -0.39 is 5.92 Å². The van der Waals surface area contributed by atoms with Crippen molar-refractivity contribution >= 4 is 23.2 Å². The molecule has 152 valence electrons. The number of hydrogen-bond donors (Lipinski definition) is 0. The molecule has 2 unspecified atom stereocenters. The first kappa shape index (κ1) is 20.2. The van der Waals surface area contributed by atoms with Gasteiger partial charge in [-0.05, 0) is 42.7 Å². The predicted octanol–water partition coefficient (Wildman–Crippen LogP) is 5.45. The van der Waals surface area contributed by atoms with E-state index in [0.717, 1.165) is 22.4 Å². The van der Waals surface area contributed by atoms with E-state index in [1.54, 1.807) is 11.1 Å².